The molecule has 178 valence electrons. The van der Waals surface area contributed by atoms with Crippen molar-refractivity contribution in [1.29, 1.82) is 0 Å². The Balaban J connectivity index is 1.40. The maximum absolute atomic E-state index is 13.8. The molecule has 6 nitrogen and oxygen atoms in total. The van der Waals surface area contributed by atoms with E-state index in [0.29, 0.717) is 22.5 Å². The number of carbonyl (C=O) groups is 1. The van der Waals surface area contributed by atoms with Gasteiger partial charge in [0.1, 0.15) is 6.17 Å². The van der Waals surface area contributed by atoms with Gasteiger partial charge in [-0.05, 0) is 48.9 Å². The van der Waals surface area contributed by atoms with E-state index in [1.54, 1.807) is 24.4 Å². The average molecular weight is 471 g/mol. The number of hydrogen-bond donors (Lipinski definition) is 1. The number of anilines is 1. The third kappa shape index (κ3) is 5.37. The molecule has 1 atom stereocenters. The summed E-state index contributed by atoms with van der Waals surface area (Å²) in [6.45, 7) is 5.59. The standard InChI is InChI=1S/C28H27FN4O2/c1-19(29)26-17-22(10-11-30-26)25-9-8-21-5-3-7-24(27(21)32-25)28(34)31-23-6-2-4-20(16-23)18-33-12-14-35-15-13-33/h2-11,16-17,19H,12-15,18H2,1H3,(H,31,34). The number of nitrogens with zero attached hydrogens (tertiary/aromatic N) is 3. The van der Waals surface area contributed by atoms with Gasteiger partial charge in [0.05, 0.1) is 35.7 Å². The van der Waals surface area contributed by atoms with Gasteiger partial charge in [0.15, 0.2) is 0 Å². The summed E-state index contributed by atoms with van der Waals surface area (Å²) >= 11 is 0. The summed E-state index contributed by atoms with van der Waals surface area (Å²) in [7, 11) is 0. The molecule has 1 unspecified atom stereocenters. The van der Waals surface area contributed by atoms with Gasteiger partial charge in [0.25, 0.3) is 5.91 Å². The number of alkyl halides is 1. The van der Waals surface area contributed by atoms with Gasteiger partial charge in [-0.1, -0.05) is 30.3 Å². The van der Waals surface area contributed by atoms with E-state index in [-0.39, 0.29) is 5.91 Å². The molecule has 3 heterocycles. The minimum Gasteiger partial charge on any atom is -0.379 e. The Kier molecular flexibility index (Phi) is 6.79. The van der Waals surface area contributed by atoms with Crippen molar-refractivity contribution in [3.63, 3.8) is 0 Å². The van der Waals surface area contributed by atoms with E-state index in [2.05, 4.69) is 21.3 Å². The molecule has 0 bridgehead atoms. The lowest BCUT2D eigenvalue weighted by molar-refractivity contribution is 0.0342. The van der Waals surface area contributed by atoms with Gasteiger partial charge in [0, 0.05) is 42.5 Å². The molecule has 2 aromatic carbocycles. The number of fused-ring (bicyclic) bond motifs is 1. The van der Waals surface area contributed by atoms with E-state index in [9.17, 15) is 9.18 Å². The van der Waals surface area contributed by atoms with E-state index < -0.39 is 6.17 Å². The van der Waals surface area contributed by atoms with Crippen LogP contribution < -0.4 is 5.32 Å². The van der Waals surface area contributed by atoms with Crippen LogP contribution in [0.2, 0.25) is 0 Å². The first-order valence-corrected chi connectivity index (χ1v) is 11.8. The second-order valence-corrected chi connectivity index (χ2v) is 8.70. The molecule has 5 rings (SSSR count). The molecular weight excluding hydrogens is 443 g/mol. The summed E-state index contributed by atoms with van der Waals surface area (Å²) in [6, 6.07) is 20.8. The summed E-state index contributed by atoms with van der Waals surface area (Å²) in [5, 5.41) is 3.89. The van der Waals surface area contributed by atoms with Crippen molar-refractivity contribution < 1.29 is 13.9 Å². The fraction of sp³-hybridized carbons (Fsp3) is 0.250. The Morgan fingerprint density at radius 1 is 1.09 bits per heavy atom. The van der Waals surface area contributed by atoms with Crippen molar-refractivity contribution in [1.82, 2.24) is 14.9 Å². The van der Waals surface area contributed by atoms with Crippen LogP contribution in [-0.2, 0) is 11.3 Å². The molecule has 0 radical (unpaired) electrons. The summed E-state index contributed by atoms with van der Waals surface area (Å²) in [5.74, 6) is -0.225. The minimum atomic E-state index is -1.17. The summed E-state index contributed by atoms with van der Waals surface area (Å²) in [6.07, 6.45) is 0.408. The van der Waals surface area contributed by atoms with Crippen molar-refractivity contribution in [3.05, 3.63) is 89.7 Å². The maximum Gasteiger partial charge on any atom is 0.257 e. The van der Waals surface area contributed by atoms with E-state index in [1.165, 1.54) is 6.92 Å². The lowest BCUT2D eigenvalue weighted by Crippen LogP contribution is -2.35. The Hall–Kier alpha value is -3.68. The van der Waals surface area contributed by atoms with Crippen LogP contribution >= 0.6 is 0 Å². The van der Waals surface area contributed by atoms with Crippen LogP contribution in [0, 0.1) is 0 Å². The highest BCUT2D eigenvalue weighted by Gasteiger charge is 2.15. The first-order chi connectivity index (χ1) is 17.1. The van der Waals surface area contributed by atoms with Gasteiger partial charge in [-0.2, -0.15) is 0 Å². The first-order valence-electron chi connectivity index (χ1n) is 11.8. The maximum atomic E-state index is 13.8. The number of hydrogen-bond acceptors (Lipinski definition) is 5. The van der Waals surface area contributed by atoms with Gasteiger partial charge in [0.2, 0.25) is 0 Å². The number of nitrogens with one attached hydrogen (secondary N) is 1. The van der Waals surface area contributed by atoms with Gasteiger partial charge < -0.3 is 10.1 Å². The van der Waals surface area contributed by atoms with Gasteiger partial charge in [-0.3, -0.25) is 14.7 Å². The number of halogens is 1. The number of amides is 1. The molecule has 0 aliphatic carbocycles. The lowest BCUT2D eigenvalue weighted by Gasteiger charge is -2.26. The Morgan fingerprint density at radius 3 is 2.74 bits per heavy atom. The zero-order valence-corrected chi connectivity index (χ0v) is 19.6. The van der Waals surface area contributed by atoms with Crippen LogP contribution in [0.1, 0.15) is 34.7 Å². The number of ether oxygens (including phenoxy) is 1. The third-order valence-electron chi connectivity index (χ3n) is 6.14. The monoisotopic (exact) mass is 470 g/mol. The Bertz CT molecular complexity index is 1350. The molecular formula is C28H27FN4O2. The number of carbonyl (C=O) groups excluding carboxylic acids is 1. The molecule has 1 amide bonds. The number of benzene rings is 2. The normalized spacial score (nSPS) is 15.1. The highest BCUT2D eigenvalue weighted by atomic mass is 19.1. The van der Waals surface area contributed by atoms with Crippen molar-refractivity contribution in [2.75, 3.05) is 31.6 Å². The second kappa shape index (κ2) is 10.3. The number of morpholine rings is 1. The number of para-hydroxylation sites is 1. The molecule has 1 saturated heterocycles. The van der Waals surface area contributed by atoms with E-state index in [1.807, 2.05) is 42.5 Å². The van der Waals surface area contributed by atoms with Crippen molar-refractivity contribution in [2.24, 2.45) is 0 Å². The minimum absolute atomic E-state index is 0.225. The van der Waals surface area contributed by atoms with Crippen LogP contribution in [0.5, 0.6) is 0 Å². The highest BCUT2D eigenvalue weighted by Crippen LogP contribution is 2.26. The number of aromatic nitrogens is 2. The zero-order valence-electron chi connectivity index (χ0n) is 19.6. The summed E-state index contributed by atoms with van der Waals surface area (Å²) in [5.41, 5.74) is 4.73. The molecule has 7 heteroatoms. The van der Waals surface area contributed by atoms with Crippen molar-refractivity contribution in [3.8, 4) is 11.3 Å². The quantitative estimate of drug-likeness (QED) is 0.408. The smallest absolute Gasteiger partial charge is 0.257 e. The fourth-order valence-electron chi connectivity index (χ4n) is 4.28. The van der Waals surface area contributed by atoms with E-state index >= 15 is 0 Å². The molecule has 1 aliphatic heterocycles. The van der Waals surface area contributed by atoms with E-state index in [4.69, 9.17) is 9.72 Å². The SMILES string of the molecule is CC(F)c1cc(-c2ccc3cccc(C(=O)Nc4cccc(CN5CCOCC5)c4)c3n2)ccn1. The number of pyridine rings is 2. The molecule has 2 aromatic heterocycles. The Labute approximate surface area is 203 Å². The Morgan fingerprint density at radius 2 is 1.91 bits per heavy atom. The average Bonchev–Trinajstić information content (AvgIpc) is 2.89. The van der Waals surface area contributed by atoms with Crippen LogP contribution in [0.4, 0.5) is 10.1 Å². The molecule has 1 fully saturated rings. The second-order valence-electron chi connectivity index (χ2n) is 8.70. The molecule has 0 spiro atoms. The predicted octanol–water partition coefficient (Wildman–Crippen LogP) is 5.41. The van der Waals surface area contributed by atoms with Gasteiger partial charge >= 0.3 is 0 Å². The molecule has 1 N–H and O–H groups in total. The summed E-state index contributed by atoms with van der Waals surface area (Å²) < 4.78 is 19.2. The first kappa shape index (κ1) is 23.1. The van der Waals surface area contributed by atoms with Crippen LogP contribution in [-0.4, -0.2) is 47.1 Å². The molecule has 1 aliphatic rings. The predicted molar refractivity (Wildman–Crippen MR) is 135 cm³/mol. The molecule has 35 heavy (non-hydrogen) atoms. The van der Waals surface area contributed by atoms with Crippen molar-refractivity contribution >= 4 is 22.5 Å². The zero-order chi connectivity index (χ0) is 24.2. The number of rotatable bonds is 6. The van der Waals surface area contributed by atoms with Gasteiger partial charge in [-0.25, -0.2) is 9.37 Å². The van der Waals surface area contributed by atoms with Crippen molar-refractivity contribution in [2.45, 2.75) is 19.6 Å². The van der Waals surface area contributed by atoms with E-state index in [0.717, 1.165) is 55.0 Å². The largest absolute Gasteiger partial charge is 0.379 e. The lowest BCUT2D eigenvalue weighted by atomic mass is 10.1. The van der Waals surface area contributed by atoms with Crippen LogP contribution in [0.15, 0.2) is 72.9 Å². The third-order valence-corrected chi connectivity index (χ3v) is 6.14. The molecule has 4 aromatic rings. The van der Waals surface area contributed by atoms with Crippen LogP contribution in [0.3, 0.4) is 0 Å². The fourth-order valence-corrected chi connectivity index (χ4v) is 4.28. The van der Waals surface area contributed by atoms with Gasteiger partial charge in [-0.15, -0.1) is 0 Å². The highest BCUT2D eigenvalue weighted by molar-refractivity contribution is 6.12. The van der Waals surface area contributed by atoms with Crippen LogP contribution in [0.25, 0.3) is 22.2 Å². The topological polar surface area (TPSA) is 67.4 Å². The molecule has 0 saturated carbocycles. The summed E-state index contributed by atoms with van der Waals surface area (Å²) in [4.78, 5) is 24.5.